The molecule has 4 heteroatoms. The van der Waals surface area contributed by atoms with E-state index in [1.165, 1.54) is 34.3 Å². The molecule has 0 bridgehead atoms. The van der Waals surface area contributed by atoms with Crippen LogP contribution in [0.2, 0.25) is 0 Å². The summed E-state index contributed by atoms with van der Waals surface area (Å²) in [4.78, 5) is 0. The fourth-order valence-corrected chi connectivity index (χ4v) is 4.27. The smallest absolute Gasteiger partial charge is 0.399 e. The summed E-state index contributed by atoms with van der Waals surface area (Å²) in [5, 5.41) is 3.78. The number of nitrogens with one attached hydrogen (secondary N) is 1. The zero-order chi connectivity index (χ0) is 19.9. The van der Waals surface area contributed by atoms with Gasteiger partial charge < -0.3 is 14.6 Å². The summed E-state index contributed by atoms with van der Waals surface area (Å²) in [6.45, 7) is 10.7. The number of anilines is 1. The van der Waals surface area contributed by atoms with E-state index in [0.717, 1.165) is 19.3 Å². The Bertz CT molecular complexity index is 828. The Balaban J connectivity index is 1.66. The van der Waals surface area contributed by atoms with Gasteiger partial charge in [0, 0.05) is 5.69 Å². The van der Waals surface area contributed by atoms with E-state index in [1.807, 2.05) is 0 Å². The van der Waals surface area contributed by atoms with E-state index < -0.39 is 0 Å². The van der Waals surface area contributed by atoms with Crippen LogP contribution < -0.4 is 10.8 Å². The molecular formula is C24H32BNO2. The number of fused-ring (bicyclic) bond motifs is 1. The van der Waals surface area contributed by atoms with Crippen molar-refractivity contribution in [2.24, 2.45) is 0 Å². The predicted octanol–water partition coefficient (Wildman–Crippen LogP) is 5.04. The van der Waals surface area contributed by atoms with Crippen LogP contribution >= 0.6 is 0 Å². The van der Waals surface area contributed by atoms with E-state index in [1.54, 1.807) is 0 Å². The van der Waals surface area contributed by atoms with E-state index in [0.29, 0.717) is 0 Å². The summed E-state index contributed by atoms with van der Waals surface area (Å²) in [6.07, 6.45) is 4.51. The van der Waals surface area contributed by atoms with Crippen molar-refractivity contribution in [3.05, 3.63) is 59.2 Å². The van der Waals surface area contributed by atoms with Crippen LogP contribution in [0.15, 0.2) is 42.5 Å². The lowest BCUT2D eigenvalue weighted by molar-refractivity contribution is 0.00578. The zero-order valence-electron chi connectivity index (χ0n) is 17.8. The van der Waals surface area contributed by atoms with Crippen molar-refractivity contribution in [2.45, 2.75) is 77.5 Å². The van der Waals surface area contributed by atoms with Gasteiger partial charge in [0.25, 0.3) is 0 Å². The average molecular weight is 377 g/mol. The maximum Gasteiger partial charge on any atom is 0.495 e. The highest BCUT2D eigenvalue weighted by molar-refractivity contribution is 6.62. The van der Waals surface area contributed by atoms with Crippen molar-refractivity contribution in [3.8, 4) is 0 Å². The van der Waals surface area contributed by atoms with E-state index in [4.69, 9.17) is 9.31 Å². The lowest BCUT2D eigenvalue weighted by atomic mass is 9.70. The summed E-state index contributed by atoms with van der Waals surface area (Å²) in [7, 11) is -0.315. The molecule has 1 aliphatic heterocycles. The van der Waals surface area contributed by atoms with Crippen molar-refractivity contribution in [1.82, 2.24) is 0 Å². The molecular weight excluding hydrogens is 345 g/mol. The molecule has 1 aliphatic carbocycles. The van der Waals surface area contributed by atoms with Gasteiger partial charge in [-0.25, -0.2) is 0 Å². The second-order valence-corrected chi connectivity index (χ2v) is 9.15. The maximum absolute atomic E-state index is 6.40. The minimum absolute atomic E-state index is 0.284. The summed E-state index contributed by atoms with van der Waals surface area (Å²) < 4.78 is 12.8. The van der Waals surface area contributed by atoms with Crippen LogP contribution in [0.3, 0.4) is 0 Å². The maximum atomic E-state index is 6.40. The highest BCUT2D eigenvalue weighted by atomic mass is 16.7. The van der Waals surface area contributed by atoms with Gasteiger partial charge in [0.15, 0.2) is 0 Å². The number of benzene rings is 2. The largest absolute Gasteiger partial charge is 0.495 e. The molecule has 3 nitrogen and oxygen atoms in total. The Kier molecular flexibility index (Phi) is 5.05. The molecule has 28 heavy (non-hydrogen) atoms. The first-order valence-corrected chi connectivity index (χ1v) is 10.6. The first-order valence-electron chi connectivity index (χ1n) is 10.6. The van der Waals surface area contributed by atoms with E-state index in [-0.39, 0.29) is 24.4 Å². The second kappa shape index (κ2) is 7.24. The zero-order valence-corrected chi connectivity index (χ0v) is 17.8. The van der Waals surface area contributed by atoms with Crippen molar-refractivity contribution in [3.63, 3.8) is 0 Å². The SMILES string of the molecule is CCc1ccc(NC2CCCc3cccc(B4OC(C)(C)C(C)(C)O4)c32)cc1. The molecule has 4 rings (SSSR count). The van der Waals surface area contributed by atoms with Crippen molar-refractivity contribution in [2.75, 3.05) is 5.32 Å². The molecule has 2 aromatic carbocycles. The molecule has 1 heterocycles. The van der Waals surface area contributed by atoms with Gasteiger partial charge in [-0.15, -0.1) is 0 Å². The normalized spacial score (nSPS) is 22.8. The van der Waals surface area contributed by atoms with Gasteiger partial charge in [0.2, 0.25) is 0 Å². The van der Waals surface area contributed by atoms with Crippen molar-refractivity contribution < 1.29 is 9.31 Å². The van der Waals surface area contributed by atoms with Crippen LogP contribution in [0.4, 0.5) is 5.69 Å². The number of hydrogen-bond donors (Lipinski definition) is 1. The highest BCUT2D eigenvalue weighted by Gasteiger charge is 2.52. The fraction of sp³-hybridized carbons (Fsp3) is 0.500. The van der Waals surface area contributed by atoms with Gasteiger partial charge >= 0.3 is 7.12 Å². The lowest BCUT2D eigenvalue weighted by Gasteiger charge is -2.32. The Morgan fingerprint density at radius 2 is 1.68 bits per heavy atom. The Labute approximate surface area is 170 Å². The molecule has 0 radical (unpaired) electrons. The standard InChI is InChI=1S/C24H32BNO2/c1-6-17-13-15-19(16-14-17)26-21-12-8-10-18-9-7-11-20(22(18)21)25-27-23(2,3)24(4,5)28-25/h7,9,11,13-16,21,26H,6,8,10,12H2,1-5H3. The van der Waals surface area contributed by atoms with Crippen LogP contribution in [0, 0.1) is 0 Å². The van der Waals surface area contributed by atoms with Crippen LogP contribution in [-0.4, -0.2) is 18.3 Å². The summed E-state index contributed by atoms with van der Waals surface area (Å²) >= 11 is 0. The predicted molar refractivity (Wildman–Crippen MR) is 117 cm³/mol. The minimum Gasteiger partial charge on any atom is -0.399 e. The van der Waals surface area contributed by atoms with Crippen LogP contribution in [-0.2, 0) is 22.2 Å². The first kappa shape index (κ1) is 19.5. The summed E-state index contributed by atoms with van der Waals surface area (Å²) in [6, 6.07) is 15.7. The average Bonchev–Trinajstić information content (AvgIpc) is 2.89. The van der Waals surface area contributed by atoms with Crippen LogP contribution in [0.25, 0.3) is 0 Å². The molecule has 2 aromatic rings. The third kappa shape index (κ3) is 3.49. The Morgan fingerprint density at radius 1 is 1.00 bits per heavy atom. The molecule has 148 valence electrons. The summed E-state index contributed by atoms with van der Waals surface area (Å²) in [5.74, 6) is 0. The van der Waals surface area contributed by atoms with E-state index >= 15 is 0 Å². The van der Waals surface area contributed by atoms with Gasteiger partial charge in [-0.3, -0.25) is 0 Å². The van der Waals surface area contributed by atoms with Gasteiger partial charge in [-0.05, 0) is 87.7 Å². The summed E-state index contributed by atoms with van der Waals surface area (Å²) in [5.41, 5.74) is 5.86. The number of rotatable bonds is 4. The molecule has 1 unspecified atom stereocenters. The molecule has 2 aliphatic rings. The molecule has 1 saturated heterocycles. The second-order valence-electron chi connectivity index (χ2n) is 9.15. The molecule has 0 amide bonds. The third-order valence-corrected chi connectivity index (χ3v) is 6.73. The van der Waals surface area contributed by atoms with Crippen LogP contribution in [0.5, 0.6) is 0 Å². The quantitative estimate of drug-likeness (QED) is 0.758. The van der Waals surface area contributed by atoms with Gasteiger partial charge in [-0.2, -0.15) is 0 Å². The molecule has 0 saturated carbocycles. The van der Waals surface area contributed by atoms with Gasteiger partial charge in [-0.1, -0.05) is 37.3 Å². The molecule has 1 fully saturated rings. The van der Waals surface area contributed by atoms with Crippen molar-refractivity contribution >= 4 is 18.3 Å². The number of aryl methyl sites for hydroxylation is 2. The van der Waals surface area contributed by atoms with Crippen molar-refractivity contribution in [1.29, 1.82) is 0 Å². The Hall–Kier alpha value is -1.78. The van der Waals surface area contributed by atoms with Crippen LogP contribution in [0.1, 0.15) is 70.2 Å². The topological polar surface area (TPSA) is 30.5 Å². The number of hydrogen-bond acceptors (Lipinski definition) is 3. The molecule has 0 aromatic heterocycles. The van der Waals surface area contributed by atoms with Gasteiger partial charge in [0.05, 0.1) is 17.2 Å². The first-order chi connectivity index (χ1) is 13.3. The lowest BCUT2D eigenvalue weighted by Crippen LogP contribution is -2.41. The molecule has 0 spiro atoms. The van der Waals surface area contributed by atoms with E-state index in [9.17, 15) is 0 Å². The molecule has 1 N–H and O–H groups in total. The van der Waals surface area contributed by atoms with Gasteiger partial charge in [0.1, 0.15) is 0 Å². The highest BCUT2D eigenvalue weighted by Crippen LogP contribution is 2.38. The Morgan fingerprint density at radius 3 is 2.32 bits per heavy atom. The minimum atomic E-state index is -0.325. The molecule has 1 atom stereocenters. The van der Waals surface area contributed by atoms with E-state index in [2.05, 4.69) is 82.4 Å². The fourth-order valence-electron chi connectivity index (χ4n) is 4.27. The monoisotopic (exact) mass is 377 g/mol. The third-order valence-electron chi connectivity index (χ3n) is 6.73.